The van der Waals surface area contributed by atoms with Crippen molar-refractivity contribution in [3.8, 4) is 11.4 Å². The van der Waals surface area contributed by atoms with E-state index in [1.165, 1.54) is 17.3 Å². The molecule has 0 radical (unpaired) electrons. The summed E-state index contributed by atoms with van der Waals surface area (Å²) in [6.45, 7) is 3.08. The number of aryl methyl sites for hydroxylation is 1. The van der Waals surface area contributed by atoms with Crippen molar-refractivity contribution in [1.82, 2.24) is 14.9 Å². The number of aromatic nitrogens is 2. The number of thioether (sulfide) groups is 2. The maximum absolute atomic E-state index is 13.2. The summed E-state index contributed by atoms with van der Waals surface area (Å²) < 4.78 is 7.12. The van der Waals surface area contributed by atoms with E-state index in [9.17, 15) is 9.59 Å². The Morgan fingerprint density at radius 3 is 2.72 bits per heavy atom. The van der Waals surface area contributed by atoms with Crippen molar-refractivity contribution in [2.75, 3.05) is 24.7 Å². The number of fused-ring (bicyclic) bond motifs is 1. The molecule has 1 aliphatic rings. The smallest absolute Gasteiger partial charge is 0.272 e. The number of ether oxygens (including phenoxy) is 1. The van der Waals surface area contributed by atoms with Gasteiger partial charge in [0.15, 0.2) is 5.16 Å². The van der Waals surface area contributed by atoms with E-state index < -0.39 is 0 Å². The first kappa shape index (κ1) is 22.5. The van der Waals surface area contributed by atoms with E-state index >= 15 is 0 Å². The summed E-state index contributed by atoms with van der Waals surface area (Å²) in [5.41, 5.74) is 2.65. The number of hydrogen-bond donors (Lipinski definition) is 1. The Balaban J connectivity index is 1.48. The Kier molecular flexibility index (Phi) is 7.55. The van der Waals surface area contributed by atoms with E-state index in [-0.39, 0.29) is 17.2 Å². The lowest BCUT2D eigenvalue weighted by atomic mass is 10.1. The van der Waals surface area contributed by atoms with E-state index in [4.69, 9.17) is 9.72 Å². The molecule has 8 heteroatoms. The predicted octanol–water partition coefficient (Wildman–Crippen LogP) is 3.73. The Hall–Kier alpha value is -2.71. The topological polar surface area (TPSA) is 73.2 Å². The molecule has 1 N–H and O–H groups in total. The van der Waals surface area contributed by atoms with Crippen LogP contribution in [0.25, 0.3) is 5.69 Å². The zero-order valence-electron chi connectivity index (χ0n) is 17.9. The van der Waals surface area contributed by atoms with Crippen molar-refractivity contribution in [1.29, 1.82) is 0 Å². The molecule has 0 saturated carbocycles. The summed E-state index contributed by atoms with van der Waals surface area (Å²) in [7, 11) is 0. The van der Waals surface area contributed by atoms with E-state index in [0.29, 0.717) is 28.9 Å². The Morgan fingerprint density at radius 1 is 1.19 bits per heavy atom. The number of carbonyl (C=O) groups is 1. The minimum absolute atomic E-state index is 0.0753. The lowest BCUT2D eigenvalue weighted by molar-refractivity contribution is -0.118. The van der Waals surface area contributed by atoms with Crippen LogP contribution in [0, 0.1) is 0 Å². The first-order valence-corrected chi connectivity index (χ1v) is 12.6. The fourth-order valence-corrected chi connectivity index (χ4v) is 5.33. The van der Waals surface area contributed by atoms with E-state index in [1.807, 2.05) is 61.5 Å². The maximum atomic E-state index is 13.2. The minimum Gasteiger partial charge on any atom is -0.494 e. The molecule has 0 atom stereocenters. The normalized spacial score (nSPS) is 12.4. The van der Waals surface area contributed by atoms with Gasteiger partial charge in [-0.05, 0) is 43.2 Å². The summed E-state index contributed by atoms with van der Waals surface area (Å²) in [6.07, 6.45) is 1.55. The molecular formula is C24H25N3O3S2. The second-order valence-electron chi connectivity index (χ2n) is 7.21. The largest absolute Gasteiger partial charge is 0.494 e. The van der Waals surface area contributed by atoms with Crippen LogP contribution in [-0.2, 0) is 17.6 Å². The first-order chi connectivity index (χ1) is 15.7. The predicted molar refractivity (Wildman–Crippen MR) is 129 cm³/mol. The number of rotatable bonds is 9. The van der Waals surface area contributed by atoms with Crippen LogP contribution in [-0.4, -0.2) is 40.1 Å². The second-order valence-corrected chi connectivity index (χ2v) is 9.26. The van der Waals surface area contributed by atoms with E-state index in [0.717, 1.165) is 30.0 Å². The Morgan fingerprint density at radius 2 is 1.97 bits per heavy atom. The van der Waals surface area contributed by atoms with Crippen molar-refractivity contribution in [3.63, 3.8) is 0 Å². The third kappa shape index (κ3) is 5.37. The van der Waals surface area contributed by atoms with Gasteiger partial charge in [0, 0.05) is 18.7 Å². The summed E-state index contributed by atoms with van der Waals surface area (Å²) in [4.78, 5) is 31.1. The van der Waals surface area contributed by atoms with Crippen LogP contribution >= 0.6 is 23.5 Å². The summed E-state index contributed by atoms with van der Waals surface area (Å²) in [6, 6.07) is 17.4. The SMILES string of the molecule is CCOc1ccc(-n2c(SCC(=O)NCCc3ccccc3)nc3c(c2=O)SCC3)cc1. The number of nitrogens with zero attached hydrogens (tertiary/aromatic N) is 2. The molecule has 1 aliphatic heterocycles. The van der Waals surface area contributed by atoms with Crippen LogP contribution < -0.4 is 15.6 Å². The second kappa shape index (κ2) is 10.7. The summed E-state index contributed by atoms with van der Waals surface area (Å²) >= 11 is 2.84. The lowest BCUT2D eigenvalue weighted by Gasteiger charge is -2.14. The highest BCUT2D eigenvalue weighted by molar-refractivity contribution is 8.00. The molecule has 0 aliphatic carbocycles. The molecule has 0 spiro atoms. The van der Waals surface area contributed by atoms with Crippen molar-refractivity contribution in [2.45, 2.75) is 29.8 Å². The monoisotopic (exact) mass is 467 g/mol. The highest BCUT2D eigenvalue weighted by Crippen LogP contribution is 2.30. The molecule has 6 nitrogen and oxygen atoms in total. The van der Waals surface area contributed by atoms with Crippen molar-refractivity contribution in [3.05, 3.63) is 76.2 Å². The average Bonchev–Trinajstić information content (AvgIpc) is 3.29. The molecular weight excluding hydrogens is 442 g/mol. The van der Waals surface area contributed by atoms with E-state index in [2.05, 4.69) is 5.32 Å². The van der Waals surface area contributed by atoms with Crippen LogP contribution in [0.2, 0.25) is 0 Å². The third-order valence-corrected chi connectivity index (χ3v) is 7.03. The van der Waals surface area contributed by atoms with E-state index in [1.54, 1.807) is 16.3 Å². The molecule has 32 heavy (non-hydrogen) atoms. The van der Waals surface area contributed by atoms with Gasteiger partial charge >= 0.3 is 0 Å². The van der Waals surface area contributed by atoms with Gasteiger partial charge in [-0.25, -0.2) is 4.98 Å². The molecule has 0 bridgehead atoms. The molecule has 4 rings (SSSR count). The third-order valence-electron chi connectivity index (χ3n) is 4.98. The average molecular weight is 468 g/mol. The van der Waals surface area contributed by atoms with Crippen LogP contribution in [0.3, 0.4) is 0 Å². The number of amides is 1. The summed E-state index contributed by atoms with van der Waals surface area (Å²) in [5.74, 6) is 1.73. The minimum atomic E-state index is -0.0757. The Labute approximate surface area is 195 Å². The van der Waals surface area contributed by atoms with Gasteiger partial charge in [-0.1, -0.05) is 42.1 Å². The lowest BCUT2D eigenvalue weighted by Crippen LogP contribution is -2.28. The van der Waals surface area contributed by atoms with Crippen molar-refractivity contribution >= 4 is 29.4 Å². The first-order valence-electron chi connectivity index (χ1n) is 10.6. The molecule has 0 saturated heterocycles. The maximum Gasteiger partial charge on any atom is 0.272 e. The standard InChI is InChI=1S/C24H25N3O3S2/c1-2-30-19-10-8-18(9-11-19)27-23(29)22-20(13-15-31-22)26-24(27)32-16-21(28)25-14-12-17-6-4-3-5-7-17/h3-11H,2,12-16H2,1H3,(H,25,28). The zero-order valence-corrected chi connectivity index (χ0v) is 19.5. The molecule has 1 amide bonds. The van der Waals surface area contributed by atoms with Gasteiger partial charge in [-0.15, -0.1) is 11.8 Å². The van der Waals surface area contributed by atoms with Crippen molar-refractivity contribution < 1.29 is 9.53 Å². The molecule has 3 aromatic rings. The quantitative estimate of drug-likeness (QED) is 0.382. The fourth-order valence-electron chi connectivity index (χ4n) is 3.45. The zero-order chi connectivity index (χ0) is 22.3. The van der Waals surface area contributed by atoms with Gasteiger partial charge in [-0.3, -0.25) is 14.2 Å². The van der Waals surface area contributed by atoms with Gasteiger partial charge in [0.05, 0.1) is 28.6 Å². The molecule has 1 aromatic heterocycles. The highest BCUT2D eigenvalue weighted by atomic mass is 32.2. The molecule has 0 unspecified atom stereocenters. The van der Waals surface area contributed by atoms with Crippen LogP contribution in [0.5, 0.6) is 5.75 Å². The van der Waals surface area contributed by atoms with Crippen LogP contribution in [0.15, 0.2) is 69.4 Å². The fraction of sp³-hybridized carbons (Fsp3) is 0.292. The number of hydrogen-bond acceptors (Lipinski definition) is 6. The van der Waals surface area contributed by atoms with Gasteiger partial charge in [0.25, 0.3) is 5.56 Å². The number of carbonyl (C=O) groups excluding carboxylic acids is 1. The summed E-state index contributed by atoms with van der Waals surface area (Å²) in [5, 5.41) is 3.49. The molecule has 166 valence electrons. The number of benzene rings is 2. The number of nitrogens with one attached hydrogen (secondary N) is 1. The highest BCUT2D eigenvalue weighted by Gasteiger charge is 2.23. The van der Waals surface area contributed by atoms with Gasteiger partial charge < -0.3 is 10.1 Å². The molecule has 2 aromatic carbocycles. The van der Waals surface area contributed by atoms with Gasteiger partial charge in [-0.2, -0.15) is 0 Å². The van der Waals surface area contributed by atoms with Crippen LogP contribution in [0.1, 0.15) is 18.2 Å². The van der Waals surface area contributed by atoms with Crippen LogP contribution in [0.4, 0.5) is 0 Å². The Bertz CT molecular complexity index is 1130. The van der Waals surface area contributed by atoms with Crippen molar-refractivity contribution in [2.24, 2.45) is 0 Å². The van der Waals surface area contributed by atoms with Gasteiger partial charge in [0.2, 0.25) is 5.91 Å². The van der Waals surface area contributed by atoms with Gasteiger partial charge in [0.1, 0.15) is 5.75 Å². The molecule has 0 fully saturated rings. The molecule has 2 heterocycles.